The first kappa shape index (κ1) is 11.1. The third kappa shape index (κ3) is 3.03. The van der Waals surface area contributed by atoms with Crippen LogP contribution in [0.3, 0.4) is 0 Å². The van der Waals surface area contributed by atoms with Crippen LogP contribution < -0.4 is 5.32 Å². The SMILES string of the molecule is C[C@H]1CN(Cc2ccccc2Br)CCN1. The smallest absolute Gasteiger partial charge is 0.0246 e. The third-order valence-electron chi connectivity index (χ3n) is 2.80. The second-order valence-corrected chi connectivity index (χ2v) is 5.04. The Morgan fingerprint density at radius 2 is 2.27 bits per heavy atom. The van der Waals surface area contributed by atoms with Crippen molar-refractivity contribution in [2.24, 2.45) is 0 Å². The van der Waals surface area contributed by atoms with Gasteiger partial charge in [-0.15, -0.1) is 0 Å². The molecule has 2 rings (SSSR count). The highest BCUT2D eigenvalue weighted by atomic mass is 79.9. The van der Waals surface area contributed by atoms with Crippen LogP contribution in [0.2, 0.25) is 0 Å². The molecule has 1 heterocycles. The average Bonchev–Trinajstić information content (AvgIpc) is 2.22. The Balaban J connectivity index is 1.99. The van der Waals surface area contributed by atoms with Gasteiger partial charge in [0.25, 0.3) is 0 Å². The van der Waals surface area contributed by atoms with Crippen LogP contribution in [0.4, 0.5) is 0 Å². The maximum atomic E-state index is 3.60. The number of nitrogens with zero attached hydrogens (tertiary/aromatic N) is 1. The first-order valence-electron chi connectivity index (χ1n) is 5.45. The summed E-state index contributed by atoms with van der Waals surface area (Å²) >= 11 is 3.60. The molecule has 0 spiro atoms. The van der Waals surface area contributed by atoms with Crippen LogP contribution in [-0.4, -0.2) is 30.6 Å². The van der Waals surface area contributed by atoms with Crippen LogP contribution in [-0.2, 0) is 6.54 Å². The Labute approximate surface area is 99.8 Å². The second kappa shape index (κ2) is 5.10. The summed E-state index contributed by atoms with van der Waals surface area (Å²) in [6.45, 7) is 6.68. The molecule has 1 atom stereocenters. The van der Waals surface area contributed by atoms with Crippen LogP contribution in [0, 0.1) is 0 Å². The van der Waals surface area contributed by atoms with Gasteiger partial charge in [-0.3, -0.25) is 4.90 Å². The number of halogens is 1. The lowest BCUT2D eigenvalue weighted by Crippen LogP contribution is -2.48. The average molecular weight is 269 g/mol. The molecule has 2 nitrogen and oxygen atoms in total. The molecule has 0 amide bonds. The minimum Gasteiger partial charge on any atom is -0.312 e. The second-order valence-electron chi connectivity index (χ2n) is 4.18. The van der Waals surface area contributed by atoms with E-state index >= 15 is 0 Å². The zero-order valence-corrected chi connectivity index (χ0v) is 10.6. The van der Waals surface area contributed by atoms with Crippen molar-refractivity contribution in [2.75, 3.05) is 19.6 Å². The molecule has 1 aliphatic rings. The van der Waals surface area contributed by atoms with Gasteiger partial charge >= 0.3 is 0 Å². The van der Waals surface area contributed by atoms with Gasteiger partial charge in [-0.1, -0.05) is 34.1 Å². The highest BCUT2D eigenvalue weighted by Gasteiger charge is 2.15. The van der Waals surface area contributed by atoms with E-state index in [1.54, 1.807) is 0 Å². The van der Waals surface area contributed by atoms with Crippen molar-refractivity contribution in [2.45, 2.75) is 19.5 Å². The molecule has 1 aromatic carbocycles. The maximum absolute atomic E-state index is 3.60. The van der Waals surface area contributed by atoms with Gasteiger partial charge in [-0.05, 0) is 18.6 Å². The van der Waals surface area contributed by atoms with Crippen molar-refractivity contribution >= 4 is 15.9 Å². The fraction of sp³-hybridized carbons (Fsp3) is 0.500. The molecule has 0 aromatic heterocycles. The van der Waals surface area contributed by atoms with Crippen molar-refractivity contribution in [3.63, 3.8) is 0 Å². The fourth-order valence-corrected chi connectivity index (χ4v) is 2.43. The molecule has 0 radical (unpaired) electrons. The van der Waals surface area contributed by atoms with Crippen LogP contribution >= 0.6 is 15.9 Å². The Kier molecular flexibility index (Phi) is 3.78. The molecule has 0 bridgehead atoms. The van der Waals surface area contributed by atoms with Crippen molar-refractivity contribution in [1.82, 2.24) is 10.2 Å². The van der Waals surface area contributed by atoms with E-state index in [4.69, 9.17) is 0 Å². The predicted octanol–water partition coefficient (Wildman–Crippen LogP) is 2.24. The van der Waals surface area contributed by atoms with Crippen molar-refractivity contribution < 1.29 is 0 Å². The predicted molar refractivity (Wildman–Crippen MR) is 66.9 cm³/mol. The summed E-state index contributed by atoms with van der Waals surface area (Å²) in [7, 11) is 0. The van der Waals surface area contributed by atoms with Crippen LogP contribution in [0.15, 0.2) is 28.7 Å². The molecule has 1 aromatic rings. The Morgan fingerprint density at radius 3 is 3.00 bits per heavy atom. The summed E-state index contributed by atoms with van der Waals surface area (Å²) in [5.74, 6) is 0. The van der Waals surface area contributed by atoms with Crippen molar-refractivity contribution in [1.29, 1.82) is 0 Å². The van der Waals surface area contributed by atoms with E-state index < -0.39 is 0 Å². The molecule has 0 unspecified atom stereocenters. The Hall–Kier alpha value is -0.380. The monoisotopic (exact) mass is 268 g/mol. The number of rotatable bonds is 2. The first-order chi connectivity index (χ1) is 7.25. The molecule has 1 N–H and O–H groups in total. The maximum Gasteiger partial charge on any atom is 0.0246 e. The molecule has 1 fully saturated rings. The van der Waals surface area contributed by atoms with Gasteiger partial charge in [0.15, 0.2) is 0 Å². The third-order valence-corrected chi connectivity index (χ3v) is 3.58. The standard InChI is InChI=1S/C12H17BrN2/c1-10-8-15(7-6-14-10)9-11-4-2-3-5-12(11)13/h2-5,10,14H,6-9H2,1H3/t10-/m0/s1. The van der Waals surface area contributed by atoms with Gasteiger partial charge in [0.1, 0.15) is 0 Å². The van der Waals surface area contributed by atoms with Gasteiger partial charge in [-0.25, -0.2) is 0 Å². The van der Waals surface area contributed by atoms with E-state index in [2.05, 4.69) is 57.3 Å². The lowest BCUT2D eigenvalue weighted by Gasteiger charge is -2.32. The van der Waals surface area contributed by atoms with Crippen LogP contribution in [0.25, 0.3) is 0 Å². The van der Waals surface area contributed by atoms with Crippen LogP contribution in [0.5, 0.6) is 0 Å². The number of nitrogens with one attached hydrogen (secondary N) is 1. The van der Waals surface area contributed by atoms with Crippen molar-refractivity contribution in [3.8, 4) is 0 Å². The normalized spacial score (nSPS) is 22.9. The van der Waals surface area contributed by atoms with Gasteiger partial charge in [0.05, 0.1) is 0 Å². The Morgan fingerprint density at radius 1 is 1.47 bits per heavy atom. The lowest BCUT2D eigenvalue weighted by molar-refractivity contribution is 0.199. The van der Waals surface area contributed by atoms with Crippen molar-refractivity contribution in [3.05, 3.63) is 34.3 Å². The molecular weight excluding hydrogens is 252 g/mol. The highest BCUT2D eigenvalue weighted by molar-refractivity contribution is 9.10. The van der Waals surface area contributed by atoms with E-state index in [0.717, 1.165) is 26.2 Å². The van der Waals surface area contributed by atoms with Crippen LogP contribution in [0.1, 0.15) is 12.5 Å². The van der Waals surface area contributed by atoms with E-state index in [9.17, 15) is 0 Å². The molecular formula is C12H17BrN2. The minimum absolute atomic E-state index is 0.612. The lowest BCUT2D eigenvalue weighted by atomic mass is 10.1. The van der Waals surface area contributed by atoms with E-state index in [-0.39, 0.29) is 0 Å². The molecule has 82 valence electrons. The quantitative estimate of drug-likeness (QED) is 0.885. The van der Waals surface area contributed by atoms with Gasteiger partial charge in [-0.2, -0.15) is 0 Å². The fourth-order valence-electron chi connectivity index (χ4n) is 2.02. The zero-order chi connectivity index (χ0) is 10.7. The van der Waals surface area contributed by atoms with E-state index in [0.29, 0.717) is 6.04 Å². The zero-order valence-electron chi connectivity index (χ0n) is 9.04. The number of piperazine rings is 1. The highest BCUT2D eigenvalue weighted by Crippen LogP contribution is 2.18. The summed E-state index contributed by atoms with van der Waals surface area (Å²) < 4.78 is 1.22. The summed E-state index contributed by atoms with van der Waals surface area (Å²) in [4.78, 5) is 2.50. The van der Waals surface area contributed by atoms with E-state index in [1.807, 2.05) is 0 Å². The molecule has 1 aliphatic heterocycles. The minimum atomic E-state index is 0.612. The molecule has 1 saturated heterocycles. The summed E-state index contributed by atoms with van der Waals surface area (Å²) in [5, 5.41) is 3.46. The first-order valence-corrected chi connectivity index (χ1v) is 6.24. The van der Waals surface area contributed by atoms with Gasteiger partial charge in [0.2, 0.25) is 0 Å². The van der Waals surface area contributed by atoms with Gasteiger partial charge < -0.3 is 5.32 Å². The summed E-state index contributed by atoms with van der Waals surface area (Å²) in [6.07, 6.45) is 0. The molecule has 0 aliphatic carbocycles. The number of hydrogen-bond acceptors (Lipinski definition) is 2. The largest absolute Gasteiger partial charge is 0.312 e. The number of hydrogen-bond donors (Lipinski definition) is 1. The summed E-state index contributed by atoms with van der Waals surface area (Å²) in [6, 6.07) is 9.08. The Bertz CT molecular complexity index is 327. The van der Waals surface area contributed by atoms with E-state index in [1.165, 1.54) is 10.0 Å². The molecule has 15 heavy (non-hydrogen) atoms. The topological polar surface area (TPSA) is 15.3 Å². The number of benzene rings is 1. The molecule has 3 heteroatoms. The van der Waals surface area contributed by atoms with Gasteiger partial charge in [0, 0.05) is 36.7 Å². The molecule has 0 saturated carbocycles. The summed E-state index contributed by atoms with van der Waals surface area (Å²) in [5.41, 5.74) is 1.38.